The second-order valence-corrected chi connectivity index (χ2v) is 10.2. The van der Waals surface area contributed by atoms with Crippen LogP contribution in [0.2, 0.25) is 0 Å². The van der Waals surface area contributed by atoms with E-state index in [4.69, 9.17) is 9.47 Å². The van der Waals surface area contributed by atoms with E-state index in [0.29, 0.717) is 25.9 Å². The largest absolute Gasteiger partial charge is 0.450 e. The molecule has 5 rings (SSSR count). The lowest BCUT2D eigenvalue weighted by atomic mass is 9.74. The summed E-state index contributed by atoms with van der Waals surface area (Å²) in [5.41, 5.74) is 1.51. The maximum Gasteiger partial charge on any atom is 0.409 e. The normalized spacial score (nSPS) is 28.1. The summed E-state index contributed by atoms with van der Waals surface area (Å²) < 4.78 is 25.0. The Hall–Kier alpha value is -1.90. The number of ether oxygens (including phenoxy) is 2. The third kappa shape index (κ3) is 4.29. The van der Waals surface area contributed by atoms with Crippen LogP contribution in [0.1, 0.15) is 57.4 Å². The second kappa shape index (κ2) is 9.99. The van der Waals surface area contributed by atoms with E-state index in [2.05, 4.69) is 9.80 Å². The number of hydrogen-bond donors (Lipinski definition) is 1. The SMILES string of the molecule is CCOC(=O)N1CCCC(N2CCC(N3c4ccc(F)cc4C4(CCOCC4)C3O)CC2)CC1. The van der Waals surface area contributed by atoms with Crippen molar-refractivity contribution in [3.63, 3.8) is 0 Å². The fraction of sp³-hybridized carbons (Fsp3) is 0.731. The molecule has 0 saturated carbocycles. The summed E-state index contributed by atoms with van der Waals surface area (Å²) in [6.07, 6.45) is 5.62. The molecule has 2 atom stereocenters. The van der Waals surface area contributed by atoms with Gasteiger partial charge in [0.15, 0.2) is 0 Å². The predicted octanol–water partition coefficient (Wildman–Crippen LogP) is 3.49. The van der Waals surface area contributed by atoms with Gasteiger partial charge in [-0.2, -0.15) is 0 Å². The van der Waals surface area contributed by atoms with Gasteiger partial charge in [-0.1, -0.05) is 0 Å². The van der Waals surface area contributed by atoms with Crippen molar-refractivity contribution in [1.29, 1.82) is 0 Å². The van der Waals surface area contributed by atoms with Crippen LogP contribution in [0.4, 0.5) is 14.9 Å². The fourth-order valence-electron chi connectivity index (χ4n) is 6.70. The van der Waals surface area contributed by atoms with Gasteiger partial charge < -0.3 is 29.3 Å². The molecule has 2 unspecified atom stereocenters. The van der Waals surface area contributed by atoms with Crippen molar-refractivity contribution in [1.82, 2.24) is 9.80 Å². The summed E-state index contributed by atoms with van der Waals surface area (Å²) in [7, 11) is 0. The first-order chi connectivity index (χ1) is 16.5. The third-order valence-corrected chi connectivity index (χ3v) is 8.55. The van der Waals surface area contributed by atoms with E-state index in [9.17, 15) is 14.3 Å². The molecule has 0 aromatic heterocycles. The molecule has 7 nitrogen and oxygen atoms in total. The average molecular weight is 476 g/mol. The van der Waals surface area contributed by atoms with Crippen LogP contribution in [-0.4, -0.2) is 85.3 Å². The first-order valence-corrected chi connectivity index (χ1v) is 13.0. The fourth-order valence-corrected chi connectivity index (χ4v) is 6.70. The number of hydrogen-bond acceptors (Lipinski definition) is 6. The van der Waals surface area contributed by atoms with Gasteiger partial charge >= 0.3 is 6.09 Å². The molecule has 8 heteroatoms. The summed E-state index contributed by atoms with van der Waals surface area (Å²) in [5.74, 6) is -0.237. The molecule has 1 aromatic rings. The molecule has 4 heterocycles. The number of amides is 1. The standard InChI is InChI=1S/C26H38FN3O4/c1-2-34-25(32)29-12-3-4-20(7-15-29)28-13-8-21(9-14-28)30-23-6-5-19(27)18-22(23)26(24(30)31)10-16-33-17-11-26/h5-6,18,20-21,24,31H,2-4,7-17H2,1H3. The summed E-state index contributed by atoms with van der Waals surface area (Å²) >= 11 is 0. The molecule has 1 amide bonds. The first kappa shape index (κ1) is 23.8. The topological polar surface area (TPSA) is 65.5 Å². The van der Waals surface area contributed by atoms with Gasteiger partial charge in [0.25, 0.3) is 0 Å². The average Bonchev–Trinajstić information content (AvgIpc) is 3.02. The van der Waals surface area contributed by atoms with Crippen LogP contribution in [0.25, 0.3) is 0 Å². The Balaban J connectivity index is 1.25. The molecular formula is C26H38FN3O4. The van der Waals surface area contributed by atoms with E-state index in [-0.39, 0.29) is 18.0 Å². The number of rotatable bonds is 3. The summed E-state index contributed by atoms with van der Waals surface area (Å²) in [4.78, 5) is 18.7. The molecule has 0 bridgehead atoms. The number of halogens is 1. The number of likely N-dealkylation sites (tertiary alicyclic amines) is 2. The van der Waals surface area contributed by atoms with Gasteiger partial charge in [0.05, 0.1) is 6.61 Å². The van der Waals surface area contributed by atoms with Crippen LogP contribution in [0.5, 0.6) is 0 Å². The Labute approximate surface area is 201 Å². The number of benzene rings is 1. The van der Waals surface area contributed by atoms with E-state index < -0.39 is 11.6 Å². The van der Waals surface area contributed by atoms with Crippen molar-refractivity contribution in [2.24, 2.45) is 0 Å². The first-order valence-electron chi connectivity index (χ1n) is 13.0. The highest BCUT2D eigenvalue weighted by Gasteiger charge is 2.53. The minimum Gasteiger partial charge on any atom is -0.450 e. The van der Waals surface area contributed by atoms with E-state index in [0.717, 1.165) is 82.4 Å². The van der Waals surface area contributed by atoms with Crippen molar-refractivity contribution in [3.05, 3.63) is 29.6 Å². The number of nitrogens with zero attached hydrogens (tertiary/aromatic N) is 3. The molecule has 4 aliphatic heterocycles. The van der Waals surface area contributed by atoms with Gasteiger partial charge in [0.1, 0.15) is 12.0 Å². The van der Waals surface area contributed by atoms with Crippen LogP contribution in [0, 0.1) is 5.82 Å². The van der Waals surface area contributed by atoms with Crippen molar-refractivity contribution < 1.29 is 23.8 Å². The quantitative estimate of drug-likeness (QED) is 0.722. The van der Waals surface area contributed by atoms with Crippen molar-refractivity contribution in [2.45, 2.75) is 75.6 Å². The summed E-state index contributed by atoms with van der Waals surface area (Å²) in [5, 5.41) is 11.6. The van der Waals surface area contributed by atoms with Crippen molar-refractivity contribution >= 4 is 11.8 Å². The zero-order valence-electron chi connectivity index (χ0n) is 20.3. The number of aliphatic hydroxyl groups is 1. The Kier molecular flexibility index (Phi) is 7.00. The van der Waals surface area contributed by atoms with Gasteiger partial charge in [0.2, 0.25) is 0 Å². The molecule has 0 radical (unpaired) electrons. The van der Waals surface area contributed by atoms with Crippen LogP contribution >= 0.6 is 0 Å². The second-order valence-electron chi connectivity index (χ2n) is 10.2. The lowest BCUT2D eigenvalue weighted by Gasteiger charge is -2.45. The molecule has 3 saturated heterocycles. The molecule has 34 heavy (non-hydrogen) atoms. The number of aliphatic hydroxyl groups excluding tert-OH is 1. The number of piperidine rings is 1. The third-order valence-electron chi connectivity index (χ3n) is 8.55. The molecule has 1 aromatic carbocycles. The molecule has 1 N–H and O–H groups in total. The smallest absolute Gasteiger partial charge is 0.409 e. The lowest BCUT2D eigenvalue weighted by molar-refractivity contribution is -0.0134. The van der Waals surface area contributed by atoms with E-state index in [1.54, 1.807) is 6.07 Å². The zero-order chi connectivity index (χ0) is 23.7. The Morgan fingerprint density at radius 1 is 1.12 bits per heavy atom. The predicted molar refractivity (Wildman–Crippen MR) is 127 cm³/mol. The lowest BCUT2D eigenvalue weighted by Crippen LogP contribution is -2.54. The van der Waals surface area contributed by atoms with E-state index in [1.165, 1.54) is 6.07 Å². The molecule has 188 valence electrons. The van der Waals surface area contributed by atoms with Crippen LogP contribution in [-0.2, 0) is 14.9 Å². The highest BCUT2D eigenvalue weighted by atomic mass is 19.1. The minimum atomic E-state index is -0.638. The Morgan fingerprint density at radius 3 is 2.59 bits per heavy atom. The zero-order valence-corrected chi connectivity index (χ0v) is 20.3. The maximum absolute atomic E-state index is 14.2. The molecule has 3 fully saturated rings. The van der Waals surface area contributed by atoms with Gasteiger partial charge in [-0.25, -0.2) is 9.18 Å². The maximum atomic E-state index is 14.2. The highest BCUT2D eigenvalue weighted by Crippen LogP contribution is 2.51. The van der Waals surface area contributed by atoms with Gasteiger partial charge in [0, 0.05) is 62.6 Å². The number of fused-ring (bicyclic) bond motifs is 2. The number of anilines is 1. The Bertz CT molecular complexity index is 870. The number of carbonyl (C=O) groups is 1. The molecule has 4 aliphatic rings. The summed E-state index contributed by atoms with van der Waals surface area (Å²) in [6, 6.07) is 5.73. The highest BCUT2D eigenvalue weighted by molar-refractivity contribution is 5.67. The van der Waals surface area contributed by atoms with Crippen LogP contribution in [0.15, 0.2) is 18.2 Å². The minimum absolute atomic E-state index is 0.193. The van der Waals surface area contributed by atoms with E-state index >= 15 is 0 Å². The Morgan fingerprint density at radius 2 is 1.85 bits per heavy atom. The molecular weight excluding hydrogens is 437 g/mol. The number of carbonyl (C=O) groups excluding carboxylic acids is 1. The van der Waals surface area contributed by atoms with Crippen molar-refractivity contribution in [3.8, 4) is 0 Å². The van der Waals surface area contributed by atoms with Crippen molar-refractivity contribution in [2.75, 3.05) is 50.9 Å². The van der Waals surface area contributed by atoms with E-state index in [1.807, 2.05) is 17.9 Å². The van der Waals surface area contributed by atoms with Gasteiger partial charge in [-0.05, 0) is 75.6 Å². The van der Waals surface area contributed by atoms with Gasteiger partial charge in [-0.15, -0.1) is 0 Å². The van der Waals surface area contributed by atoms with Crippen LogP contribution in [0.3, 0.4) is 0 Å². The molecule has 0 aliphatic carbocycles. The summed E-state index contributed by atoms with van der Waals surface area (Å²) in [6.45, 7) is 6.93. The van der Waals surface area contributed by atoms with Crippen LogP contribution < -0.4 is 4.90 Å². The monoisotopic (exact) mass is 475 g/mol. The van der Waals surface area contributed by atoms with Gasteiger partial charge in [-0.3, -0.25) is 0 Å². The molecule has 1 spiro atoms.